The summed E-state index contributed by atoms with van der Waals surface area (Å²) in [7, 11) is 0. The molecule has 0 bridgehead atoms. The fourth-order valence-corrected chi connectivity index (χ4v) is 1.67. The predicted molar refractivity (Wildman–Crippen MR) is 64.9 cm³/mol. The number of benzene rings is 1. The Bertz CT molecular complexity index is 286. The molecule has 0 heterocycles. The number of aliphatic hydroxyl groups excluding tert-OH is 1. The van der Waals surface area contributed by atoms with Gasteiger partial charge in [0.05, 0.1) is 6.61 Å². The van der Waals surface area contributed by atoms with E-state index in [0.29, 0.717) is 5.92 Å². The molecule has 1 aromatic carbocycles. The minimum atomic E-state index is 0.111. The predicted octanol–water partition coefficient (Wildman–Crippen LogP) is 3.03. The van der Waals surface area contributed by atoms with Gasteiger partial charge in [0.2, 0.25) is 0 Å². The number of aliphatic hydroxyl groups is 1. The number of nitrogens with one attached hydrogen (secondary N) is 1. The van der Waals surface area contributed by atoms with E-state index in [1.807, 2.05) is 24.3 Å². The third-order valence-corrected chi connectivity index (χ3v) is 2.55. The lowest BCUT2D eigenvalue weighted by atomic mass is 10.1. The molecule has 0 saturated heterocycles. The van der Waals surface area contributed by atoms with Crippen LogP contribution in [0.25, 0.3) is 0 Å². The van der Waals surface area contributed by atoms with Crippen molar-refractivity contribution in [3.05, 3.63) is 29.8 Å². The van der Waals surface area contributed by atoms with Gasteiger partial charge in [-0.1, -0.05) is 32.4 Å². The van der Waals surface area contributed by atoms with Crippen LogP contribution in [0.2, 0.25) is 0 Å². The standard InChI is InChI=1S/C13H21NO/c1-3-5-11(2)9-14-13-7-4-6-12(8-13)10-15/h4,6-8,11,14-15H,3,5,9-10H2,1-2H3. The summed E-state index contributed by atoms with van der Waals surface area (Å²) in [4.78, 5) is 0. The van der Waals surface area contributed by atoms with Crippen LogP contribution in [-0.2, 0) is 6.61 Å². The molecular formula is C13H21NO. The van der Waals surface area contributed by atoms with Gasteiger partial charge in [0.1, 0.15) is 0 Å². The summed E-state index contributed by atoms with van der Waals surface area (Å²) in [6, 6.07) is 7.94. The minimum absolute atomic E-state index is 0.111. The van der Waals surface area contributed by atoms with Crippen molar-refractivity contribution in [3.8, 4) is 0 Å². The Morgan fingerprint density at radius 1 is 1.40 bits per heavy atom. The Hall–Kier alpha value is -1.02. The molecule has 0 amide bonds. The molecule has 1 rings (SSSR count). The van der Waals surface area contributed by atoms with Gasteiger partial charge >= 0.3 is 0 Å². The molecule has 15 heavy (non-hydrogen) atoms. The van der Waals surface area contributed by atoms with E-state index in [-0.39, 0.29) is 6.61 Å². The van der Waals surface area contributed by atoms with E-state index in [0.717, 1.165) is 17.8 Å². The van der Waals surface area contributed by atoms with Crippen molar-refractivity contribution in [2.24, 2.45) is 5.92 Å². The van der Waals surface area contributed by atoms with Gasteiger partial charge in [-0.05, 0) is 30.0 Å². The number of hydrogen-bond acceptors (Lipinski definition) is 2. The lowest BCUT2D eigenvalue weighted by Crippen LogP contribution is -2.10. The summed E-state index contributed by atoms with van der Waals surface area (Å²) in [5, 5.41) is 12.4. The molecule has 1 aromatic rings. The molecule has 84 valence electrons. The Labute approximate surface area is 92.3 Å². The average Bonchev–Trinajstić information content (AvgIpc) is 2.27. The molecule has 0 radical (unpaired) electrons. The number of rotatable bonds is 6. The summed E-state index contributed by atoms with van der Waals surface area (Å²) in [6.07, 6.45) is 2.49. The molecule has 0 fully saturated rings. The Balaban J connectivity index is 2.43. The molecular weight excluding hydrogens is 186 g/mol. The average molecular weight is 207 g/mol. The first-order chi connectivity index (χ1) is 7.26. The number of hydrogen-bond donors (Lipinski definition) is 2. The summed E-state index contributed by atoms with van der Waals surface area (Å²) in [5.74, 6) is 0.702. The van der Waals surface area contributed by atoms with Crippen LogP contribution in [0.4, 0.5) is 5.69 Å². The zero-order valence-electron chi connectivity index (χ0n) is 9.66. The maximum Gasteiger partial charge on any atom is 0.0682 e. The van der Waals surface area contributed by atoms with Gasteiger partial charge in [-0.15, -0.1) is 0 Å². The van der Waals surface area contributed by atoms with Crippen LogP contribution in [0.5, 0.6) is 0 Å². The molecule has 0 saturated carbocycles. The highest BCUT2D eigenvalue weighted by Crippen LogP contribution is 2.12. The second kappa shape index (κ2) is 6.46. The molecule has 0 aliphatic heterocycles. The van der Waals surface area contributed by atoms with E-state index in [1.54, 1.807) is 0 Å². The minimum Gasteiger partial charge on any atom is -0.392 e. The third-order valence-electron chi connectivity index (χ3n) is 2.55. The SMILES string of the molecule is CCCC(C)CNc1cccc(CO)c1. The van der Waals surface area contributed by atoms with Gasteiger partial charge in [0.15, 0.2) is 0 Å². The second-order valence-electron chi connectivity index (χ2n) is 4.13. The first-order valence-corrected chi connectivity index (χ1v) is 5.70. The van der Waals surface area contributed by atoms with Crippen molar-refractivity contribution < 1.29 is 5.11 Å². The third kappa shape index (κ3) is 4.34. The number of anilines is 1. The Morgan fingerprint density at radius 3 is 2.87 bits per heavy atom. The van der Waals surface area contributed by atoms with E-state index in [2.05, 4.69) is 19.2 Å². The molecule has 1 atom stereocenters. The van der Waals surface area contributed by atoms with Gasteiger partial charge in [0.25, 0.3) is 0 Å². The smallest absolute Gasteiger partial charge is 0.0682 e. The van der Waals surface area contributed by atoms with Gasteiger partial charge in [-0.25, -0.2) is 0 Å². The fraction of sp³-hybridized carbons (Fsp3) is 0.538. The first kappa shape index (κ1) is 12.1. The zero-order valence-corrected chi connectivity index (χ0v) is 9.66. The molecule has 2 N–H and O–H groups in total. The summed E-state index contributed by atoms with van der Waals surface area (Å²) in [5.41, 5.74) is 2.06. The lowest BCUT2D eigenvalue weighted by Gasteiger charge is -2.12. The van der Waals surface area contributed by atoms with Crippen molar-refractivity contribution in [2.75, 3.05) is 11.9 Å². The zero-order chi connectivity index (χ0) is 11.1. The summed E-state index contributed by atoms with van der Waals surface area (Å²) >= 11 is 0. The van der Waals surface area contributed by atoms with Crippen molar-refractivity contribution >= 4 is 5.69 Å². The normalized spacial score (nSPS) is 12.5. The van der Waals surface area contributed by atoms with Gasteiger partial charge in [-0.2, -0.15) is 0 Å². The Morgan fingerprint density at radius 2 is 2.20 bits per heavy atom. The van der Waals surface area contributed by atoms with Crippen LogP contribution < -0.4 is 5.32 Å². The molecule has 2 heteroatoms. The van der Waals surface area contributed by atoms with Crippen LogP contribution in [0.3, 0.4) is 0 Å². The second-order valence-corrected chi connectivity index (χ2v) is 4.13. The van der Waals surface area contributed by atoms with Crippen LogP contribution in [0.1, 0.15) is 32.3 Å². The maximum absolute atomic E-state index is 9.00. The van der Waals surface area contributed by atoms with E-state index >= 15 is 0 Å². The molecule has 1 unspecified atom stereocenters. The van der Waals surface area contributed by atoms with Crippen molar-refractivity contribution in [1.29, 1.82) is 0 Å². The van der Waals surface area contributed by atoms with E-state index in [9.17, 15) is 0 Å². The van der Waals surface area contributed by atoms with Crippen LogP contribution in [-0.4, -0.2) is 11.7 Å². The van der Waals surface area contributed by atoms with Gasteiger partial charge < -0.3 is 10.4 Å². The molecule has 0 aromatic heterocycles. The molecule has 2 nitrogen and oxygen atoms in total. The maximum atomic E-state index is 9.00. The summed E-state index contributed by atoms with van der Waals surface area (Å²) < 4.78 is 0. The monoisotopic (exact) mass is 207 g/mol. The van der Waals surface area contributed by atoms with E-state index in [4.69, 9.17) is 5.11 Å². The van der Waals surface area contributed by atoms with E-state index in [1.165, 1.54) is 12.8 Å². The van der Waals surface area contributed by atoms with Crippen molar-refractivity contribution in [3.63, 3.8) is 0 Å². The van der Waals surface area contributed by atoms with Crippen LogP contribution in [0, 0.1) is 5.92 Å². The lowest BCUT2D eigenvalue weighted by molar-refractivity contribution is 0.282. The molecule has 0 aliphatic rings. The van der Waals surface area contributed by atoms with Crippen LogP contribution >= 0.6 is 0 Å². The highest BCUT2D eigenvalue weighted by Gasteiger charge is 2.00. The molecule has 0 spiro atoms. The van der Waals surface area contributed by atoms with Crippen LogP contribution in [0.15, 0.2) is 24.3 Å². The summed E-state index contributed by atoms with van der Waals surface area (Å²) in [6.45, 7) is 5.58. The van der Waals surface area contributed by atoms with E-state index < -0.39 is 0 Å². The van der Waals surface area contributed by atoms with Crippen molar-refractivity contribution in [1.82, 2.24) is 0 Å². The quantitative estimate of drug-likeness (QED) is 0.751. The first-order valence-electron chi connectivity index (χ1n) is 5.70. The highest BCUT2D eigenvalue weighted by molar-refractivity contribution is 5.45. The topological polar surface area (TPSA) is 32.3 Å². The highest BCUT2D eigenvalue weighted by atomic mass is 16.3. The molecule has 0 aliphatic carbocycles. The van der Waals surface area contributed by atoms with Gasteiger partial charge in [0, 0.05) is 12.2 Å². The van der Waals surface area contributed by atoms with Gasteiger partial charge in [-0.3, -0.25) is 0 Å². The fourth-order valence-electron chi connectivity index (χ4n) is 1.67. The van der Waals surface area contributed by atoms with Crippen molar-refractivity contribution in [2.45, 2.75) is 33.3 Å². The Kier molecular flexibility index (Phi) is 5.19. The largest absolute Gasteiger partial charge is 0.392 e.